The fraction of sp³-hybridized carbons (Fsp3) is 0.400. The van der Waals surface area contributed by atoms with E-state index in [0.717, 1.165) is 23.4 Å². The number of pyridine rings is 1. The van der Waals surface area contributed by atoms with Crippen LogP contribution in [0.5, 0.6) is 0 Å². The SMILES string of the molecule is CC(C)c1ocnc1C(=O)N1CCc2oc(CCc3cccnc3)nc2C1. The molecule has 0 atom stereocenters. The number of amides is 1. The molecule has 1 aliphatic rings. The molecule has 0 radical (unpaired) electrons. The number of aryl methyl sites for hydroxylation is 2. The summed E-state index contributed by atoms with van der Waals surface area (Å²) < 4.78 is 11.3. The van der Waals surface area contributed by atoms with E-state index in [1.54, 1.807) is 11.1 Å². The quantitative estimate of drug-likeness (QED) is 0.689. The Hall–Kier alpha value is -2.96. The lowest BCUT2D eigenvalue weighted by Gasteiger charge is -2.24. The highest BCUT2D eigenvalue weighted by molar-refractivity contribution is 5.93. The Labute approximate surface area is 157 Å². The Bertz CT molecular complexity index is 930. The predicted octanol–water partition coefficient (Wildman–Crippen LogP) is 3.16. The summed E-state index contributed by atoms with van der Waals surface area (Å²) in [4.78, 5) is 27.5. The molecular formula is C20H22N4O3. The first-order chi connectivity index (χ1) is 13.1. The maximum absolute atomic E-state index is 12.9. The second kappa shape index (κ2) is 7.34. The number of aromatic nitrogens is 3. The molecule has 4 rings (SSSR count). The van der Waals surface area contributed by atoms with Crippen molar-refractivity contribution in [3.8, 4) is 0 Å². The average molecular weight is 366 g/mol. The molecule has 3 aromatic heterocycles. The number of carbonyl (C=O) groups excluding carboxylic acids is 1. The molecule has 0 bridgehead atoms. The van der Waals surface area contributed by atoms with E-state index in [4.69, 9.17) is 8.83 Å². The summed E-state index contributed by atoms with van der Waals surface area (Å²) >= 11 is 0. The van der Waals surface area contributed by atoms with Gasteiger partial charge in [0.1, 0.15) is 17.2 Å². The van der Waals surface area contributed by atoms with Gasteiger partial charge in [0.2, 0.25) is 0 Å². The molecule has 0 aromatic carbocycles. The van der Waals surface area contributed by atoms with Gasteiger partial charge in [0, 0.05) is 37.7 Å². The molecule has 0 saturated heterocycles. The number of hydrogen-bond acceptors (Lipinski definition) is 6. The van der Waals surface area contributed by atoms with Crippen molar-refractivity contribution in [1.29, 1.82) is 0 Å². The first-order valence-corrected chi connectivity index (χ1v) is 9.21. The van der Waals surface area contributed by atoms with Crippen molar-refractivity contribution in [1.82, 2.24) is 19.9 Å². The molecule has 0 aliphatic carbocycles. The van der Waals surface area contributed by atoms with E-state index in [0.29, 0.717) is 43.3 Å². The van der Waals surface area contributed by atoms with Gasteiger partial charge in [-0.05, 0) is 18.1 Å². The van der Waals surface area contributed by atoms with Gasteiger partial charge in [-0.15, -0.1) is 0 Å². The summed E-state index contributed by atoms with van der Waals surface area (Å²) in [5, 5.41) is 0. The van der Waals surface area contributed by atoms with Gasteiger partial charge in [0.15, 0.2) is 18.0 Å². The normalized spacial score (nSPS) is 13.8. The van der Waals surface area contributed by atoms with Gasteiger partial charge in [0.05, 0.1) is 6.54 Å². The number of rotatable bonds is 5. The summed E-state index contributed by atoms with van der Waals surface area (Å²) in [6.07, 6.45) is 7.16. The minimum atomic E-state index is -0.113. The van der Waals surface area contributed by atoms with Crippen molar-refractivity contribution in [2.45, 2.75) is 45.6 Å². The molecule has 3 aromatic rings. The van der Waals surface area contributed by atoms with E-state index in [9.17, 15) is 4.79 Å². The summed E-state index contributed by atoms with van der Waals surface area (Å²) in [7, 11) is 0. The molecule has 4 heterocycles. The zero-order chi connectivity index (χ0) is 18.8. The standard InChI is InChI=1S/C20H22N4O3/c1-13(2)19-18(22-12-26-19)20(25)24-9-7-16-15(11-24)23-17(27-16)6-5-14-4-3-8-21-10-14/h3-4,8,10,12-13H,5-7,9,11H2,1-2H3. The predicted molar refractivity (Wildman–Crippen MR) is 97.2 cm³/mol. The van der Waals surface area contributed by atoms with Crippen LogP contribution >= 0.6 is 0 Å². The van der Waals surface area contributed by atoms with Crippen LogP contribution in [0.4, 0.5) is 0 Å². The van der Waals surface area contributed by atoms with Crippen LogP contribution in [-0.2, 0) is 25.8 Å². The number of hydrogen-bond donors (Lipinski definition) is 0. The van der Waals surface area contributed by atoms with Crippen LogP contribution in [0.1, 0.15) is 58.9 Å². The van der Waals surface area contributed by atoms with Crippen LogP contribution in [0.25, 0.3) is 0 Å². The zero-order valence-electron chi connectivity index (χ0n) is 15.5. The summed E-state index contributed by atoms with van der Waals surface area (Å²) in [6, 6.07) is 3.97. The van der Waals surface area contributed by atoms with Gasteiger partial charge < -0.3 is 13.7 Å². The smallest absolute Gasteiger partial charge is 0.276 e. The third kappa shape index (κ3) is 3.63. The lowest BCUT2D eigenvalue weighted by Crippen LogP contribution is -2.36. The van der Waals surface area contributed by atoms with Crippen LogP contribution in [0.3, 0.4) is 0 Å². The topological polar surface area (TPSA) is 85.3 Å². The highest BCUT2D eigenvalue weighted by Crippen LogP contribution is 2.24. The van der Waals surface area contributed by atoms with Gasteiger partial charge >= 0.3 is 0 Å². The summed E-state index contributed by atoms with van der Waals surface area (Å²) in [6.45, 7) is 5.00. The molecule has 7 heteroatoms. The summed E-state index contributed by atoms with van der Waals surface area (Å²) in [5.41, 5.74) is 2.39. The fourth-order valence-electron chi connectivity index (χ4n) is 3.30. The molecule has 1 aliphatic heterocycles. The van der Waals surface area contributed by atoms with Crippen molar-refractivity contribution >= 4 is 5.91 Å². The number of fused-ring (bicyclic) bond motifs is 1. The van der Waals surface area contributed by atoms with E-state index in [1.807, 2.05) is 32.2 Å². The van der Waals surface area contributed by atoms with E-state index in [-0.39, 0.29) is 11.8 Å². The monoisotopic (exact) mass is 366 g/mol. The number of carbonyl (C=O) groups is 1. The molecule has 0 fully saturated rings. The molecule has 0 saturated carbocycles. The maximum atomic E-state index is 12.9. The zero-order valence-corrected chi connectivity index (χ0v) is 15.5. The van der Waals surface area contributed by atoms with Crippen molar-refractivity contribution in [2.75, 3.05) is 6.54 Å². The van der Waals surface area contributed by atoms with Gasteiger partial charge in [-0.3, -0.25) is 9.78 Å². The molecule has 0 unspecified atom stereocenters. The van der Waals surface area contributed by atoms with E-state index in [1.165, 1.54) is 6.39 Å². The Kier molecular flexibility index (Phi) is 4.75. The summed E-state index contributed by atoms with van der Waals surface area (Å²) in [5.74, 6) is 2.21. The Morgan fingerprint density at radius 3 is 3.00 bits per heavy atom. The fourth-order valence-corrected chi connectivity index (χ4v) is 3.30. The number of oxazole rings is 2. The van der Waals surface area contributed by atoms with Crippen LogP contribution in [0.15, 0.2) is 39.8 Å². The van der Waals surface area contributed by atoms with Crippen molar-refractivity contribution < 1.29 is 13.6 Å². The van der Waals surface area contributed by atoms with Gasteiger partial charge in [0.25, 0.3) is 5.91 Å². The van der Waals surface area contributed by atoms with E-state index < -0.39 is 0 Å². The van der Waals surface area contributed by atoms with Gasteiger partial charge in [-0.25, -0.2) is 9.97 Å². The van der Waals surface area contributed by atoms with Crippen molar-refractivity contribution in [2.24, 2.45) is 0 Å². The second-order valence-electron chi connectivity index (χ2n) is 7.04. The minimum Gasteiger partial charge on any atom is -0.447 e. The second-order valence-corrected chi connectivity index (χ2v) is 7.04. The lowest BCUT2D eigenvalue weighted by atomic mass is 10.1. The Balaban J connectivity index is 1.44. The molecule has 140 valence electrons. The molecule has 1 amide bonds. The van der Waals surface area contributed by atoms with Gasteiger partial charge in [-0.2, -0.15) is 0 Å². The first-order valence-electron chi connectivity index (χ1n) is 9.21. The Morgan fingerprint density at radius 1 is 1.33 bits per heavy atom. The number of nitrogens with zero attached hydrogens (tertiary/aromatic N) is 4. The van der Waals surface area contributed by atoms with Crippen LogP contribution in [-0.4, -0.2) is 32.3 Å². The third-order valence-electron chi connectivity index (χ3n) is 4.73. The van der Waals surface area contributed by atoms with E-state index in [2.05, 4.69) is 15.0 Å². The minimum absolute atomic E-state index is 0.109. The molecule has 7 nitrogen and oxygen atoms in total. The van der Waals surface area contributed by atoms with Crippen LogP contribution in [0, 0.1) is 0 Å². The van der Waals surface area contributed by atoms with Crippen molar-refractivity contribution in [3.05, 3.63) is 65.3 Å². The first kappa shape index (κ1) is 17.5. The van der Waals surface area contributed by atoms with Crippen LogP contribution < -0.4 is 0 Å². The van der Waals surface area contributed by atoms with Gasteiger partial charge in [-0.1, -0.05) is 19.9 Å². The highest BCUT2D eigenvalue weighted by Gasteiger charge is 2.29. The maximum Gasteiger partial charge on any atom is 0.276 e. The average Bonchev–Trinajstić information content (AvgIpc) is 3.32. The molecular weight excluding hydrogens is 344 g/mol. The Morgan fingerprint density at radius 2 is 2.22 bits per heavy atom. The highest BCUT2D eigenvalue weighted by atomic mass is 16.4. The lowest BCUT2D eigenvalue weighted by molar-refractivity contribution is 0.0719. The largest absolute Gasteiger partial charge is 0.447 e. The molecule has 27 heavy (non-hydrogen) atoms. The third-order valence-corrected chi connectivity index (χ3v) is 4.73. The molecule has 0 spiro atoms. The van der Waals surface area contributed by atoms with E-state index >= 15 is 0 Å². The molecule has 0 N–H and O–H groups in total. The van der Waals surface area contributed by atoms with Crippen molar-refractivity contribution in [3.63, 3.8) is 0 Å². The van der Waals surface area contributed by atoms with Crippen LogP contribution in [0.2, 0.25) is 0 Å².